The molecule has 0 aliphatic carbocycles. The number of thiazole rings is 1. The van der Waals surface area contributed by atoms with Crippen LogP contribution in [0.1, 0.15) is 24.8 Å². The molecule has 0 radical (unpaired) electrons. The molecule has 1 saturated heterocycles. The van der Waals surface area contributed by atoms with E-state index in [0.29, 0.717) is 13.1 Å². The number of aromatic nitrogens is 1. The molecule has 1 aromatic heterocycles. The number of piperidine rings is 1. The van der Waals surface area contributed by atoms with E-state index in [1.54, 1.807) is 11.3 Å². The molecule has 6 heteroatoms. The molecule has 2 N–H and O–H groups in total. The Labute approximate surface area is 146 Å². The van der Waals surface area contributed by atoms with Gasteiger partial charge in [0.15, 0.2) is 0 Å². The lowest BCUT2D eigenvalue weighted by Crippen LogP contribution is -2.47. The minimum absolute atomic E-state index is 0.0540. The smallest absolute Gasteiger partial charge is 0.234 e. The largest absolute Gasteiger partial charge is 0.396 e. The molecule has 2 heterocycles. The van der Waals surface area contributed by atoms with Crippen molar-refractivity contribution in [2.24, 2.45) is 5.41 Å². The summed E-state index contributed by atoms with van der Waals surface area (Å²) in [5.41, 5.74) is 0.958. The predicted molar refractivity (Wildman–Crippen MR) is 97.2 cm³/mol. The highest BCUT2D eigenvalue weighted by molar-refractivity contribution is 7.18. The van der Waals surface area contributed by atoms with Crippen LogP contribution in [0.2, 0.25) is 0 Å². The lowest BCUT2D eigenvalue weighted by atomic mass is 9.83. The number of aliphatic hydroxyl groups is 1. The number of hydrogen-bond donors (Lipinski definition) is 2. The first-order valence-electron chi connectivity index (χ1n) is 8.52. The molecular formula is C18H25N3O2S. The second-order valence-electron chi connectivity index (χ2n) is 6.96. The SMILES string of the molecule is CC1(CO)CCCN(CC(=O)NCCc2nc3ccccc3s2)C1. The Balaban J connectivity index is 1.44. The Morgan fingerprint density at radius 2 is 2.29 bits per heavy atom. The molecule has 2 aromatic rings. The standard InChI is InChI=1S/C18H25N3O2S/c1-18(13-22)8-4-10-21(12-18)11-16(23)19-9-7-17-20-14-5-2-3-6-15(14)24-17/h2-3,5-6,22H,4,7-13H2,1H3,(H,19,23). The molecule has 1 aliphatic rings. The summed E-state index contributed by atoms with van der Waals surface area (Å²) in [5.74, 6) is 0.0540. The number of benzene rings is 1. The monoisotopic (exact) mass is 347 g/mol. The van der Waals surface area contributed by atoms with Gasteiger partial charge in [0.2, 0.25) is 5.91 Å². The topological polar surface area (TPSA) is 65.5 Å². The van der Waals surface area contributed by atoms with Gasteiger partial charge in [0, 0.05) is 31.5 Å². The highest BCUT2D eigenvalue weighted by atomic mass is 32.1. The third-order valence-electron chi connectivity index (χ3n) is 4.61. The van der Waals surface area contributed by atoms with Crippen LogP contribution in [0.4, 0.5) is 0 Å². The lowest BCUT2D eigenvalue weighted by Gasteiger charge is -2.38. The minimum atomic E-state index is -0.0699. The van der Waals surface area contributed by atoms with Gasteiger partial charge in [-0.2, -0.15) is 0 Å². The minimum Gasteiger partial charge on any atom is -0.396 e. The van der Waals surface area contributed by atoms with Crippen LogP contribution in [0, 0.1) is 5.41 Å². The first-order chi connectivity index (χ1) is 11.6. The number of likely N-dealkylation sites (tertiary alicyclic amines) is 1. The number of para-hydroxylation sites is 1. The van der Waals surface area contributed by atoms with Crippen LogP contribution in [0.3, 0.4) is 0 Å². The van der Waals surface area contributed by atoms with Crippen molar-refractivity contribution in [2.45, 2.75) is 26.2 Å². The van der Waals surface area contributed by atoms with Gasteiger partial charge in [0.05, 0.1) is 21.8 Å². The lowest BCUT2D eigenvalue weighted by molar-refractivity contribution is -0.123. The highest BCUT2D eigenvalue weighted by Crippen LogP contribution is 2.28. The van der Waals surface area contributed by atoms with E-state index in [1.807, 2.05) is 18.2 Å². The van der Waals surface area contributed by atoms with Crippen LogP contribution in [-0.4, -0.2) is 53.7 Å². The average molecular weight is 347 g/mol. The zero-order valence-electron chi connectivity index (χ0n) is 14.1. The Kier molecular flexibility index (Phi) is 5.48. The molecular weight excluding hydrogens is 322 g/mol. The van der Waals surface area contributed by atoms with Crippen molar-refractivity contribution in [1.82, 2.24) is 15.2 Å². The Morgan fingerprint density at radius 3 is 3.08 bits per heavy atom. The van der Waals surface area contributed by atoms with Gasteiger partial charge in [-0.15, -0.1) is 11.3 Å². The summed E-state index contributed by atoms with van der Waals surface area (Å²) >= 11 is 1.69. The number of amides is 1. The van der Waals surface area contributed by atoms with Crippen LogP contribution in [0.15, 0.2) is 24.3 Å². The van der Waals surface area contributed by atoms with Crippen molar-refractivity contribution in [3.05, 3.63) is 29.3 Å². The number of nitrogens with one attached hydrogen (secondary N) is 1. The summed E-state index contributed by atoms with van der Waals surface area (Å²) in [6.07, 6.45) is 2.83. The molecule has 0 saturated carbocycles. The van der Waals surface area contributed by atoms with Crippen molar-refractivity contribution < 1.29 is 9.90 Å². The van der Waals surface area contributed by atoms with E-state index in [1.165, 1.54) is 4.70 Å². The van der Waals surface area contributed by atoms with Crippen molar-refractivity contribution in [2.75, 3.05) is 32.8 Å². The Hall–Kier alpha value is -1.50. The number of rotatable bonds is 6. The summed E-state index contributed by atoms with van der Waals surface area (Å²) in [5, 5.41) is 13.5. The predicted octanol–water partition coefficient (Wildman–Crippen LogP) is 2.05. The normalized spacial score (nSPS) is 21.9. The third kappa shape index (κ3) is 4.32. The van der Waals surface area contributed by atoms with Crippen LogP contribution in [0.25, 0.3) is 10.2 Å². The van der Waals surface area contributed by atoms with E-state index in [2.05, 4.69) is 28.2 Å². The van der Waals surface area contributed by atoms with Gasteiger partial charge in [-0.25, -0.2) is 4.98 Å². The van der Waals surface area contributed by atoms with E-state index in [4.69, 9.17) is 0 Å². The first kappa shape index (κ1) is 17.3. The maximum Gasteiger partial charge on any atom is 0.234 e. The molecule has 130 valence electrons. The van der Waals surface area contributed by atoms with Crippen molar-refractivity contribution in [3.63, 3.8) is 0 Å². The summed E-state index contributed by atoms with van der Waals surface area (Å²) in [4.78, 5) is 18.9. The molecule has 0 bridgehead atoms. The van der Waals surface area contributed by atoms with Crippen LogP contribution in [0.5, 0.6) is 0 Å². The number of hydrogen-bond acceptors (Lipinski definition) is 5. The Morgan fingerprint density at radius 1 is 1.46 bits per heavy atom. The fourth-order valence-corrected chi connectivity index (χ4v) is 4.25. The van der Waals surface area contributed by atoms with Crippen LogP contribution in [-0.2, 0) is 11.2 Å². The van der Waals surface area contributed by atoms with E-state index in [9.17, 15) is 9.90 Å². The highest BCUT2D eigenvalue weighted by Gasteiger charge is 2.30. The zero-order valence-corrected chi connectivity index (χ0v) is 14.9. The summed E-state index contributed by atoms with van der Waals surface area (Å²) < 4.78 is 1.19. The first-order valence-corrected chi connectivity index (χ1v) is 9.34. The van der Waals surface area contributed by atoms with E-state index >= 15 is 0 Å². The van der Waals surface area contributed by atoms with E-state index < -0.39 is 0 Å². The number of carbonyl (C=O) groups excluding carboxylic acids is 1. The maximum absolute atomic E-state index is 12.1. The fraction of sp³-hybridized carbons (Fsp3) is 0.556. The molecule has 24 heavy (non-hydrogen) atoms. The second kappa shape index (κ2) is 7.59. The number of nitrogens with zero attached hydrogens (tertiary/aromatic N) is 2. The molecule has 1 aromatic carbocycles. The summed E-state index contributed by atoms with van der Waals surface area (Å²) in [7, 11) is 0. The molecule has 1 unspecified atom stereocenters. The Bertz CT molecular complexity index is 669. The average Bonchev–Trinajstić information content (AvgIpc) is 2.97. The van der Waals surface area contributed by atoms with Gasteiger partial charge in [-0.05, 0) is 31.5 Å². The quantitative estimate of drug-likeness (QED) is 0.839. The fourth-order valence-electron chi connectivity index (χ4n) is 3.29. The van der Waals surface area contributed by atoms with Gasteiger partial charge in [0.25, 0.3) is 0 Å². The van der Waals surface area contributed by atoms with Gasteiger partial charge in [0.1, 0.15) is 0 Å². The summed E-state index contributed by atoms with van der Waals surface area (Å²) in [6, 6.07) is 8.10. The van der Waals surface area contributed by atoms with Crippen molar-refractivity contribution >= 4 is 27.5 Å². The number of carbonyl (C=O) groups is 1. The zero-order chi connectivity index (χ0) is 17.0. The second-order valence-corrected chi connectivity index (χ2v) is 8.07. The van der Waals surface area contributed by atoms with Gasteiger partial charge < -0.3 is 10.4 Å². The molecule has 1 fully saturated rings. The van der Waals surface area contributed by atoms with E-state index in [-0.39, 0.29) is 17.9 Å². The number of fused-ring (bicyclic) bond motifs is 1. The molecule has 0 spiro atoms. The molecule has 1 aliphatic heterocycles. The van der Waals surface area contributed by atoms with Crippen molar-refractivity contribution in [3.8, 4) is 0 Å². The van der Waals surface area contributed by atoms with Crippen LogP contribution >= 0.6 is 11.3 Å². The maximum atomic E-state index is 12.1. The molecule has 1 atom stereocenters. The van der Waals surface area contributed by atoms with Gasteiger partial charge in [-0.3, -0.25) is 9.69 Å². The number of aliphatic hydroxyl groups excluding tert-OH is 1. The van der Waals surface area contributed by atoms with E-state index in [0.717, 1.165) is 42.9 Å². The van der Waals surface area contributed by atoms with Crippen molar-refractivity contribution in [1.29, 1.82) is 0 Å². The van der Waals surface area contributed by atoms with Crippen LogP contribution < -0.4 is 5.32 Å². The molecule has 3 rings (SSSR count). The summed E-state index contributed by atoms with van der Waals surface area (Å²) in [6.45, 7) is 5.02. The van der Waals surface area contributed by atoms with Gasteiger partial charge in [-0.1, -0.05) is 19.1 Å². The molecule has 5 nitrogen and oxygen atoms in total. The molecule has 1 amide bonds. The van der Waals surface area contributed by atoms with Gasteiger partial charge >= 0.3 is 0 Å². The third-order valence-corrected chi connectivity index (χ3v) is 5.70.